The zero-order valence-corrected chi connectivity index (χ0v) is 13.9. The molecule has 0 bridgehead atoms. The number of primary amides is 1. The Morgan fingerprint density at radius 3 is 2.70 bits per heavy atom. The van der Waals surface area contributed by atoms with Crippen LogP contribution >= 0.6 is 0 Å². The molecule has 3 rings (SSSR count). The summed E-state index contributed by atoms with van der Waals surface area (Å²) in [5.41, 5.74) is 9.69. The van der Waals surface area contributed by atoms with Crippen LogP contribution in [0.3, 0.4) is 0 Å². The van der Waals surface area contributed by atoms with Crippen LogP contribution in [0, 0.1) is 0 Å². The van der Waals surface area contributed by atoms with Gasteiger partial charge in [0, 0.05) is 30.2 Å². The van der Waals surface area contributed by atoms with E-state index in [1.807, 2.05) is 26.2 Å². The molecule has 0 fully saturated rings. The lowest BCUT2D eigenvalue weighted by Gasteiger charge is -2.24. The average Bonchev–Trinajstić information content (AvgIpc) is 2.89. The Kier molecular flexibility index (Phi) is 3.81. The number of sulfonamides is 1. The first-order chi connectivity index (χ1) is 10.8. The average molecular weight is 331 g/mol. The molecule has 2 aromatic rings. The Hall–Kier alpha value is -2.06. The Labute approximate surface area is 135 Å². The molecular formula is C15H18BN3O3S. The lowest BCUT2D eigenvalue weighted by atomic mass is 9.90. The predicted octanol–water partition coefficient (Wildman–Crippen LogP) is -0.426. The third kappa shape index (κ3) is 2.91. The number of carbonyl (C=O) groups is 1. The molecule has 2 heterocycles. The molecule has 120 valence electrons. The fourth-order valence-corrected chi connectivity index (χ4v) is 3.80. The minimum absolute atomic E-state index is 0.370. The van der Waals surface area contributed by atoms with Crippen molar-refractivity contribution >= 4 is 45.7 Å². The van der Waals surface area contributed by atoms with Gasteiger partial charge in [0.05, 0.1) is 17.3 Å². The molecule has 0 spiro atoms. The molecular weight excluding hydrogens is 313 g/mol. The van der Waals surface area contributed by atoms with Crippen molar-refractivity contribution in [1.29, 1.82) is 0 Å². The molecule has 1 amide bonds. The topological polar surface area (TPSA) is 96.3 Å². The van der Waals surface area contributed by atoms with Gasteiger partial charge in [-0.15, -0.1) is 0 Å². The SMILES string of the molecule is Bc1cc(C(N)=O)c2[nH]cc(C3=CCN(S(C)(=O)=O)CC3)c2c1. The van der Waals surface area contributed by atoms with E-state index in [1.165, 1.54) is 10.6 Å². The van der Waals surface area contributed by atoms with Gasteiger partial charge in [0.25, 0.3) is 5.91 Å². The monoisotopic (exact) mass is 331 g/mol. The molecule has 3 N–H and O–H groups in total. The second-order valence-corrected chi connectivity index (χ2v) is 7.88. The van der Waals surface area contributed by atoms with Crippen LogP contribution in [0.1, 0.15) is 22.3 Å². The van der Waals surface area contributed by atoms with Crippen LogP contribution in [-0.4, -0.2) is 50.8 Å². The van der Waals surface area contributed by atoms with Crippen molar-refractivity contribution in [2.45, 2.75) is 6.42 Å². The number of rotatable bonds is 3. The normalized spacial score (nSPS) is 16.5. The zero-order chi connectivity index (χ0) is 16.8. The number of nitrogens with two attached hydrogens (primary N) is 1. The van der Waals surface area contributed by atoms with E-state index in [-0.39, 0.29) is 0 Å². The van der Waals surface area contributed by atoms with Crippen LogP contribution in [-0.2, 0) is 10.0 Å². The summed E-state index contributed by atoms with van der Waals surface area (Å²) in [7, 11) is -1.25. The number of amides is 1. The van der Waals surface area contributed by atoms with E-state index in [0.717, 1.165) is 27.5 Å². The number of aromatic nitrogens is 1. The van der Waals surface area contributed by atoms with Crippen molar-refractivity contribution in [3.63, 3.8) is 0 Å². The van der Waals surface area contributed by atoms with Gasteiger partial charge >= 0.3 is 0 Å². The van der Waals surface area contributed by atoms with Gasteiger partial charge in [0.1, 0.15) is 7.85 Å². The summed E-state index contributed by atoms with van der Waals surface area (Å²) in [5, 5.41) is 0.942. The van der Waals surface area contributed by atoms with Gasteiger partial charge in [0.2, 0.25) is 10.0 Å². The second-order valence-electron chi connectivity index (χ2n) is 5.90. The first kappa shape index (κ1) is 15.8. The first-order valence-corrected chi connectivity index (χ1v) is 9.18. The Balaban J connectivity index is 2.05. The minimum atomic E-state index is -3.17. The summed E-state index contributed by atoms with van der Waals surface area (Å²) in [5.74, 6) is -0.465. The molecule has 0 atom stereocenters. The number of benzene rings is 1. The van der Waals surface area contributed by atoms with Crippen molar-refractivity contribution in [3.8, 4) is 0 Å². The maximum Gasteiger partial charge on any atom is 0.250 e. The molecule has 6 nitrogen and oxygen atoms in total. The molecule has 23 heavy (non-hydrogen) atoms. The third-order valence-corrected chi connectivity index (χ3v) is 5.46. The van der Waals surface area contributed by atoms with E-state index < -0.39 is 15.9 Å². The maximum atomic E-state index is 11.6. The van der Waals surface area contributed by atoms with Crippen molar-refractivity contribution in [2.75, 3.05) is 19.3 Å². The van der Waals surface area contributed by atoms with Crippen LogP contribution in [0.5, 0.6) is 0 Å². The van der Waals surface area contributed by atoms with Gasteiger partial charge in [0.15, 0.2) is 0 Å². The smallest absolute Gasteiger partial charge is 0.250 e. The van der Waals surface area contributed by atoms with E-state index in [4.69, 9.17) is 5.73 Å². The fourth-order valence-electron chi connectivity index (χ4n) is 3.03. The minimum Gasteiger partial charge on any atom is -0.366 e. The Bertz CT molecular complexity index is 931. The molecule has 1 aromatic carbocycles. The molecule has 1 aliphatic heterocycles. The van der Waals surface area contributed by atoms with E-state index in [2.05, 4.69) is 4.98 Å². The quantitative estimate of drug-likeness (QED) is 0.747. The Morgan fingerprint density at radius 1 is 1.39 bits per heavy atom. The highest BCUT2D eigenvalue weighted by molar-refractivity contribution is 7.88. The highest BCUT2D eigenvalue weighted by atomic mass is 32.2. The number of aromatic amines is 1. The molecule has 0 radical (unpaired) electrons. The molecule has 8 heteroatoms. The number of nitrogens with one attached hydrogen (secondary N) is 1. The van der Waals surface area contributed by atoms with Crippen LogP contribution < -0.4 is 11.2 Å². The van der Waals surface area contributed by atoms with Crippen molar-refractivity contribution in [3.05, 3.63) is 35.5 Å². The number of fused-ring (bicyclic) bond motifs is 1. The maximum absolute atomic E-state index is 11.6. The van der Waals surface area contributed by atoms with Gasteiger partial charge < -0.3 is 10.7 Å². The largest absolute Gasteiger partial charge is 0.366 e. The van der Waals surface area contributed by atoms with Crippen molar-refractivity contribution < 1.29 is 13.2 Å². The third-order valence-electron chi connectivity index (χ3n) is 4.19. The fraction of sp³-hybridized carbons (Fsp3) is 0.267. The number of carbonyl (C=O) groups excluding carboxylic acids is 1. The molecule has 0 aliphatic carbocycles. The standard InChI is InChI=1S/C15H18BN3O3S/c1-23(21,22)19-4-2-9(3-5-19)13-8-18-14-11(13)6-10(16)7-12(14)15(17)20/h2,6-8,18H,3-5,16H2,1H3,(H2,17,20). The summed E-state index contributed by atoms with van der Waals surface area (Å²) < 4.78 is 24.6. The van der Waals surface area contributed by atoms with Gasteiger partial charge in [-0.3, -0.25) is 4.79 Å². The molecule has 0 unspecified atom stereocenters. The summed E-state index contributed by atoms with van der Waals surface area (Å²) in [6.45, 7) is 0.834. The van der Waals surface area contributed by atoms with E-state index in [9.17, 15) is 13.2 Å². The predicted molar refractivity (Wildman–Crippen MR) is 94.0 cm³/mol. The van der Waals surface area contributed by atoms with Crippen LogP contribution in [0.4, 0.5) is 0 Å². The summed E-state index contributed by atoms with van der Waals surface area (Å²) in [6.07, 6.45) is 5.65. The Morgan fingerprint density at radius 2 is 2.13 bits per heavy atom. The highest BCUT2D eigenvalue weighted by Crippen LogP contribution is 2.30. The van der Waals surface area contributed by atoms with E-state index >= 15 is 0 Å². The molecule has 1 aliphatic rings. The number of nitrogens with zero attached hydrogens (tertiary/aromatic N) is 1. The van der Waals surface area contributed by atoms with E-state index in [0.29, 0.717) is 25.1 Å². The van der Waals surface area contributed by atoms with Gasteiger partial charge in [-0.2, -0.15) is 4.31 Å². The molecule has 0 saturated carbocycles. The van der Waals surface area contributed by atoms with E-state index in [1.54, 1.807) is 6.07 Å². The highest BCUT2D eigenvalue weighted by Gasteiger charge is 2.22. The lowest BCUT2D eigenvalue weighted by molar-refractivity contribution is 0.100. The van der Waals surface area contributed by atoms with Gasteiger partial charge in [-0.05, 0) is 12.0 Å². The lowest BCUT2D eigenvalue weighted by Crippen LogP contribution is -2.33. The summed E-state index contributed by atoms with van der Waals surface area (Å²) in [4.78, 5) is 14.8. The van der Waals surface area contributed by atoms with Crippen LogP contribution in [0.2, 0.25) is 0 Å². The van der Waals surface area contributed by atoms with Gasteiger partial charge in [-0.25, -0.2) is 8.42 Å². The summed E-state index contributed by atoms with van der Waals surface area (Å²) in [6, 6.07) is 3.78. The second kappa shape index (κ2) is 5.54. The number of hydrogen-bond acceptors (Lipinski definition) is 3. The molecule has 1 aromatic heterocycles. The van der Waals surface area contributed by atoms with Gasteiger partial charge in [-0.1, -0.05) is 23.7 Å². The zero-order valence-electron chi connectivity index (χ0n) is 13.1. The van der Waals surface area contributed by atoms with Crippen LogP contribution in [0.25, 0.3) is 16.5 Å². The van der Waals surface area contributed by atoms with Crippen LogP contribution in [0.15, 0.2) is 24.4 Å². The van der Waals surface area contributed by atoms with Crippen molar-refractivity contribution in [1.82, 2.24) is 9.29 Å². The van der Waals surface area contributed by atoms with Crippen molar-refractivity contribution in [2.24, 2.45) is 5.73 Å². The first-order valence-electron chi connectivity index (χ1n) is 7.33. The molecule has 0 saturated heterocycles. The number of hydrogen-bond donors (Lipinski definition) is 2. The number of H-pyrrole nitrogens is 1. The summed E-state index contributed by atoms with van der Waals surface area (Å²) >= 11 is 0.